The molecule has 2 heterocycles. The number of nitrogen functional groups attached to an aromatic ring is 1. The van der Waals surface area contributed by atoms with Gasteiger partial charge in [-0.3, -0.25) is 9.69 Å². The Morgan fingerprint density at radius 2 is 2.00 bits per heavy atom. The molecule has 1 amide bonds. The number of fused-ring (bicyclic) bond motifs is 1. The summed E-state index contributed by atoms with van der Waals surface area (Å²) in [5.74, 6) is 0.717. The van der Waals surface area contributed by atoms with Crippen molar-refractivity contribution < 1.29 is 9.53 Å². The van der Waals surface area contributed by atoms with E-state index >= 15 is 0 Å². The van der Waals surface area contributed by atoms with Gasteiger partial charge in [-0.05, 0) is 69.7 Å². The molecule has 1 unspecified atom stereocenters. The second-order valence-electron chi connectivity index (χ2n) is 8.89. The molecule has 0 radical (unpaired) electrons. The van der Waals surface area contributed by atoms with E-state index in [0.717, 1.165) is 17.8 Å². The molecule has 0 bridgehead atoms. The summed E-state index contributed by atoms with van der Waals surface area (Å²) in [5, 5.41) is 3.47. The second-order valence-corrected chi connectivity index (χ2v) is 8.89. The summed E-state index contributed by atoms with van der Waals surface area (Å²) in [6, 6.07) is 9.31. The third kappa shape index (κ3) is 4.09. The van der Waals surface area contributed by atoms with Crippen molar-refractivity contribution in [1.29, 1.82) is 0 Å². The maximum absolute atomic E-state index is 13.1. The molecule has 0 saturated heterocycles. The number of hydrogen-bond donors (Lipinski definition) is 2. The number of carbonyl (C=O) groups is 1. The smallest absolute Gasteiger partial charge is 0.416 e. The van der Waals surface area contributed by atoms with Gasteiger partial charge in [0.1, 0.15) is 11.8 Å². The van der Waals surface area contributed by atoms with Gasteiger partial charge in [-0.25, -0.2) is 4.79 Å². The Labute approximate surface area is 170 Å². The maximum atomic E-state index is 13.1. The maximum Gasteiger partial charge on any atom is 0.416 e. The lowest BCUT2D eigenvalue weighted by atomic mass is 10.1. The quantitative estimate of drug-likeness (QED) is 0.825. The molecule has 3 N–H and O–H groups in total. The van der Waals surface area contributed by atoms with E-state index in [-0.39, 0.29) is 17.8 Å². The van der Waals surface area contributed by atoms with E-state index in [1.165, 1.54) is 23.0 Å². The summed E-state index contributed by atoms with van der Waals surface area (Å²) in [6.45, 7) is 5.79. The predicted molar refractivity (Wildman–Crippen MR) is 114 cm³/mol. The summed E-state index contributed by atoms with van der Waals surface area (Å²) in [5.41, 5.74) is 8.01. The molecule has 7 heteroatoms. The first kappa shape index (κ1) is 19.4. The molecule has 7 nitrogen and oxygen atoms in total. The number of ether oxygens (including phenoxy) is 1. The standard InChI is InChI=1S/C22H28N4O3/c1-22(2,3)29-21(28)26-17-8-4-6-15(12-14-9-10-14)19(17)24-18(26)13-25-11-5-7-16(23)20(25)27/h4-8,11,14,18,24H,9-10,12-13,23H2,1-3H3. The number of hydrogen-bond acceptors (Lipinski definition) is 5. The van der Waals surface area contributed by atoms with E-state index in [4.69, 9.17) is 10.5 Å². The van der Waals surface area contributed by atoms with Crippen LogP contribution in [0.3, 0.4) is 0 Å². The summed E-state index contributed by atoms with van der Waals surface area (Å²) in [6.07, 6.45) is 4.29. The molecular formula is C22H28N4O3. The number of para-hydroxylation sites is 1. The Kier molecular flexibility index (Phi) is 4.76. The van der Waals surface area contributed by atoms with Crippen LogP contribution in [0.4, 0.5) is 21.9 Å². The lowest BCUT2D eigenvalue weighted by molar-refractivity contribution is 0.0570. The fourth-order valence-electron chi connectivity index (χ4n) is 3.71. The molecule has 1 fully saturated rings. The van der Waals surface area contributed by atoms with Crippen molar-refractivity contribution in [3.63, 3.8) is 0 Å². The van der Waals surface area contributed by atoms with Gasteiger partial charge in [-0.1, -0.05) is 12.1 Å². The van der Waals surface area contributed by atoms with Crippen LogP contribution in [-0.4, -0.2) is 22.4 Å². The number of amides is 1. The zero-order chi connectivity index (χ0) is 20.8. The van der Waals surface area contributed by atoms with Crippen molar-refractivity contribution in [2.24, 2.45) is 5.92 Å². The minimum atomic E-state index is -0.621. The lowest BCUT2D eigenvalue weighted by Gasteiger charge is -2.29. The first-order valence-corrected chi connectivity index (χ1v) is 10.1. The molecule has 4 rings (SSSR count). The first-order valence-electron chi connectivity index (χ1n) is 10.1. The van der Waals surface area contributed by atoms with Crippen LogP contribution < -0.4 is 21.5 Å². The van der Waals surface area contributed by atoms with Crippen LogP contribution in [0, 0.1) is 5.92 Å². The highest BCUT2D eigenvalue weighted by molar-refractivity contribution is 5.97. The largest absolute Gasteiger partial charge is 0.443 e. The van der Waals surface area contributed by atoms with Crippen LogP contribution >= 0.6 is 0 Å². The average molecular weight is 396 g/mol. The molecule has 29 heavy (non-hydrogen) atoms. The number of pyridine rings is 1. The number of nitrogens with zero attached hydrogens (tertiary/aromatic N) is 2. The third-order valence-electron chi connectivity index (χ3n) is 5.23. The van der Waals surface area contributed by atoms with Crippen molar-refractivity contribution in [2.45, 2.75) is 58.3 Å². The number of nitrogens with two attached hydrogens (primary N) is 1. The monoisotopic (exact) mass is 396 g/mol. The molecule has 1 aliphatic heterocycles. The normalized spacial score (nSPS) is 18.3. The van der Waals surface area contributed by atoms with E-state index in [2.05, 4.69) is 11.4 Å². The van der Waals surface area contributed by atoms with Gasteiger partial charge < -0.3 is 20.4 Å². The topological polar surface area (TPSA) is 89.6 Å². The Morgan fingerprint density at radius 3 is 2.69 bits per heavy atom. The van der Waals surface area contributed by atoms with Crippen molar-refractivity contribution in [3.05, 3.63) is 52.4 Å². The van der Waals surface area contributed by atoms with E-state index in [0.29, 0.717) is 5.92 Å². The highest BCUT2D eigenvalue weighted by Gasteiger charge is 2.38. The molecule has 1 aromatic carbocycles. The highest BCUT2D eigenvalue weighted by Crippen LogP contribution is 2.42. The van der Waals surface area contributed by atoms with Gasteiger partial charge in [0.2, 0.25) is 0 Å². The molecule has 2 aromatic rings. The van der Waals surface area contributed by atoms with Crippen molar-refractivity contribution in [3.8, 4) is 0 Å². The van der Waals surface area contributed by atoms with Gasteiger partial charge in [-0.15, -0.1) is 0 Å². The summed E-state index contributed by atoms with van der Waals surface area (Å²) in [7, 11) is 0. The summed E-state index contributed by atoms with van der Waals surface area (Å²) >= 11 is 0. The number of aromatic nitrogens is 1. The van der Waals surface area contributed by atoms with Crippen LogP contribution in [0.2, 0.25) is 0 Å². The van der Waals surface area contributed by atoms with Crippen LogP contribution in [0.5, 0.6) is 0 Å². The molecule has 154 valence electrons. The number of benzene rings is 1. The van der Waals surface area contributed by atoms with Crippen molar-refractivity contribution >= 4 is 23.2 Å². The third-order valence-corrected chi connectivity index (χ3v) is 5.23. The summed E-state index contributed by atoms with van der Waals surface area (Å²) in [4.78, 5) is 27.1. The molecular weight excluding hydrogens is 368 g/mol. The number of anilines is 3. The molecule has 1 atom stereocenters. The van der Waals surface area contributed by atoms with Crippen LogP contribution in [0.25, 0.3) is 0 Å². The Morgan fingerprint density at radius 1 is 1.24 bits per heavy atom. The van der Waals surface area contributed by atoms with Gasteiger partial charge in [0.15, 0.2) is 0 Å². The van der Waals surface area contributed by atoms with Gasteiger partial charge in [0, 0.05) is 6.20 Å². The van der Waals surface area contributed by atoms with Crippen LogP contribution in [0.1, 0.15) is 39.2 Å². The lowest BCUT2D eigenvalue weighted by Crippen LogP contribution is -2.46. The Balaban J connectivity index is 1.69. The molecule has 1 aromatic heterocycles. The zero-order valence-corrected chi connectivity index (χ0v) is 17.1. The number of nitrogens with one attached hydrogen (secondary N) is 1. The number of rotatable bonds is 4. The van der Waals surface area contributed by atoms with Gasteiger partial charge in [-0.2, -0.15) is 0 Å². The summed E-state index contributed by atoms with van der Waals surface area (Å²) < 4.78 is 7.19. The van der Waals surface area contributed by atoms with Crippen molar-refractivity contribution in [1.82, 2.24) is 4.57 Å². The molecule has 1 saturated carbocycles. The minimum Gasteiger partial charge on any atom is -0.443 e. The van der Waals surface area contributed by atoms with E-state index < -0.39 is 17.9 Å². The second kappa shape index (κ2) is 7.13. The SMILES string of the molecule is CC(C)(C)OC(=O)N1c2cccc(CC3CC3)c2NC1Cn1cccc(N)c1=O. The van der Waals surface area contributed by atoms with Crippen LogP contribution in [0.15, 0.2) is 41.3 Å². The first-order chi connectivity index (χ1) is 13.7. The fourth-order valence-corrected chi connectivity index (χ4v) is 3.71. The van der Waals surface area contributed by atoms with Crippen molar-refractivity contribution in [2.75, 3.05) is 16.0 Å². The molecule has 0 spiro atoms. The van der Waals surface area contributed by atoms with Gasteiger partial charge in [0.25, 0.3) is 5.56 Å². The molecule has 2 aliphatic rings. The Hall–Kier alpha value is -2.96. The van der Waals surface area contributed by atoms with E-state index in [1.54, 1.807) is 23.2 Å². The van der Waals surface area contributed by atoms with E-state index in [9.17, 15) is 9.59 Å². The number of carbonyl (C=O) groups excluding carboxylic acids is 1. The van der Waals surface area contributed by atoms with Gasteiger partial charge >= 0.3 is 6.09 Å². The molecule has 1 aliphatic carbocycles. The van der Waals surface area contributed by atoms with Crippen LogP contribution in [-0.2, 0) is 17.7 Å². The zero-order valence-electron chi connectivity index (χ0n) is 17.1. The highest BCUT2D eigenvalue weighted by atomic mass is 16.6. The Bertz CT molecular complexity index is 988. The average Bonchev–Trinajstić information content (AvgIpc) is 3.36. The van der Waals surface area contributed by atoms with Gasteiger partial charge in [0.05, 0.1) is 23.6 Å². The van der Waals surface area contributed by atoms with E-state index in [1.807, 2.05) is 32.9 Å². The minimum absolute atomic E-state index is 0.182. The fraction of sp³-hybridized carbons (Fsp3) is 0.455. The predicted octanol–water partition coefficient (Wildman–Crippen LogP) is 3.58.